The van der Waals surface area contributed by atoms with E-state index in [0.29, 0.717) is 20.0 Å². The Labute approximate surface area is 176 Å². The summed E-state index contributed by atoms with van der Waals surface area (Å²) in [5, 5.41) is 0. The second kappa shape index (κ2) is 11.0. The van der Waals surface area contributed by atoms with E-state index in [0.717, 1.165) is 19.3 Å². The molecule has 0 radical (unpaired) electrons. The Morgan fingerprint density at radius 3 is 1.69 bits per heavy atom. The Kier molecular flexibility index (Phi) is 10.4. The van der Waals surface area contributed by atoms with Gasteiger partial charge in [-0.3, -0.25) is 4.79 Å². The van der Waals surface area contributed by atoms with Crippen molar-refractivity contribution >= 4 is 5.97 Å². The molecule has 0 spiro atoms. The molecule has 0 aliphatic heterocycles. The summed E-state index contributed by atoms with van der Waals surface area (Å²) in [6.45, 7) is 1.91. The maximum absolute atomic E-state index is 13.9. The Morgan fingerprint density at radius 2 is 1.25 bits per heavy atom. The van der Waals surface area contributed by atoms with Gasteiger partial charge in [-0.15, -0.1) is 0 Å². The van der Waals surface area contributed by atoms with Crippen molar-refractivity contribution in [1.82, 2.24) is 0 Å². The largest absolute Gasteiger partial charge is 0.469 e. The highest BCUT2D eigenvalue weighted by atomic mass is 19.4. The maximum atomic E-state index is 13.9. The Morgan fingerprint density at radius 1 is 0.781 bits per heavy atom. The smallest absolute Gasteiger partial charge is 0.460 e. The number of ether oxygens (including phenoxy) is 1. The fraction of sp³-hybridized carbons (Fsp3) is 0.833. The zero-order valence-electron chi connectivity index (χ0n) is 17.0. The lowest BCUT2D eigenvalue weighted by molar-refractivity contribution is -0.419. The molecule has 0 aromatic heterocycles. The molecule has 0 aliphatic rings. The van der Waals surface area contributed by atoms with Gasteiger partial charge in [0.05, 0.1) is 13.0 Å². The molecule has 0 aliphatic carbocycles. The molecule has 1 atom stereocenters. The number of methoxy groups -OCH3 is 1. The number of alkyl halides is 11. The van der Waals surface area contributed by atoms with E-state index in [1.54, 1.807) is 0 Å². The molecule has 14 heteroatoms. The fourth-order valence-corrected chi connectivity index (χ4v) is 2.57. The molecule has 0 saturated heterocycles. The quantitative estimate of drug-likeness (QED) is 0.150. The van der Waals surface area contributed by atoms with Crippen molar-refractivity contribution in [3.63, 3.8) is 0 Å². The zero-order valence-corrected chi connectivity index (χ0v) is 17.0. The van der Waals surface area contributed by atoms with E-state index in [9.17, 15) is 57.5 Å². The van der Waals surface area contributed by atoms with Crippen LogP contribution in [0.1, 0.15) is 51.9 Å². The number of hydrogen-bond acceptors (Lipinski definition) is 2. The van der Waals surface area contributed by atoms with Gasteiger partial charge in [-0.1, -0.05) is 45.4 Å². The number of carbonyl (C=O) groups excluding carboxylic acids is 1. The van der Waals surface area contributed by atoms with E-state index in [-0.39, 0.29) is 6.42 Å². The molecular weight excluding hydrogens is 476 g/mol. The molecule has 0 amide bonds. The lowest BCUT2D eigenvalue weighted by atomic mass is 9.94. The van der Waals surface area contributed by atoms with Crippen molar-refractivity contribution in [3.05, 3.63) is 11.9 Å². The van der Waals surface area contributed by atoms with Crippen molar-refractivity contribution in [1.29, 1.82) is 0 Å². The second-order valence-electron chi connectivity index (χ2n) is 7.00. The minimum atomic E-state index is -7.73. The number of halogens is 12. The summed E-state index contributed by atoms with van der Waals surface area (Å²) in [6, 6.07) is 0. The molecule has 0 fully saturated rings. The summed E-state index contributed by atoms with van der Waals surface area (Å²) < 4.78 is 161. The van der Waals surface area contributed by atoms with E-state index in [4.69, 9.17) is 0 Å². The van der Waals surface area contributed by atoms with E-state index in [2.05, 4.69) is 4.74 Å². The normalized spacial score (nSPS) is 15.6. The average Bonchev–Trinajstić information content (AvgIpc) is 2.67. The first kappa shape index (κ1) is 30.4. The molecule has 0 N–H and O–H groups in total. The lowest BCUT2D eigenvalue weighted by Crippen LogP contribution is -2.66. The van der Waals surface area contributed by atoms with Gasteiger partial charge in [-0.05, 0) is 12.5 Å². The predicted octanol–water partition coefficient (Wildman–Crippen LogP) is 7.48. The SMILES string of the molecule is CCCCCCCCC(/C=C(\F)C(F)(F)C(F)(F)C(F)(F)C(F)(F)C(F)(F)F)C(=O)OC. The highest BCUT2D eigenvalue weighted by molar-refractivity contribution is 5.74. The van der Waals surface area contributed by atoms with Crippen LogP contribution < -0.4 is 0 Å². The molecule has 0 bridgehead atoms. The zero-order chi connectivity index (χ0) is 25.6. The van der Waals surface area contributed by atoms with Crippen LogP contribution in [-0.4, -0.2) is 42.9 Å². The molecule has 0 aromatic carbocycles. The highest BCUT2D eigenvalue weighted by Crippen LogP contribution is 2.58. The van der Waals surface area contributed by atoms with Gasteiger partial charge in [0.25, 0.3) is 0 Å². The highest BCUT2D eigenvalue weighted by Gasteiger charge is 2.87. The molecular formula is C18H22F12O2. The summed E-state index contributed by atoms with van der Waals surface area (Å²) in [4.78, 5) is 11.6. The Hall–Kier alpha value is -1.63. The van der Waals surface area contributed by atoms with Crippen LogP contribution in [0.3, 0.4) is 0 Å². The van der Waals surface area contributed by atoms with Gasteiger partial charge < -0.3 is 4.74 Å². The average molecular weight is 498 g/mol. The third kappa shape index (κ3) is 6.24. The van der Waals surface area contributed by atoms with E-state index in [1.165, 1.54) is 0 Å². The maximum Gasteiger partial charge on any atom is 0.460 e. The van der Waals surface area contributed by atoms with Crippen molar-refractivity contribution in [2.24, 2.45) is 5.92 Å². The number of carbonyl (C=O) groups is 1. The monoisotopic (exact) mass is 498 g/mol. The van der Waals surface area contributed by atoms with Gasteiger partial charge in [-0.25, -0.2) is 4.39 Å². The third-order valence-electron chi connectivity index (χ3n) is 4.56. The summed E-state index contributed by atoms with van der Waals surface area (Å²) >= 11 is 0. The van der Waals surface area contributed by atoms with Gasteiger partial charge in [0.15, 0.2) is 5.83 Å². The summed E-state index contributed by atoms with van der Waals surface area (Å²) in [5.74, 6) is -36.6. The number of hydrogen-bond donors (Lipinski definition) is 0. The van der Waals surface area contributed by atoms with Crippen molar-refractivity contribution < 1.29 is 62.2 Å². The lowest BCUT2D eigenvalue weighted by Gasteiger charge is -2.36. The standard InChI is InChI=1S/C18H22F12O2/c1-3-4-5-6-7-8-9-11(13(31)32-2)10-12(19)14(20,21)15(22,23)16(24,25)17(26,27)18(28,29)30/h10-11H,3-9H2,1-2H3/b12-10-. The van der Waals surface area contributed by atoms with E-state index >= 15 is 0 Å². The Bertz CT molecular complexity index is 640. The van der Waals surface area contributed by atoms with Crippen LogP contribution in [0.2, 0.25) is 0 Å². The van der Waals surface area contributed by atoms with Crippen molar-refractivity contribution in [2.75, 3.05) is 7.11 Å². The van der Waals surface area contributed by atoms with Crippen LogP contribution in [0, 0.1) is 5.92 Å². The summed E-state index contributed by atoms with van der Waals surface area (Å²) in [6.07, 6.45) is -4.77. The van der Waals surface area contributed by atoms with E-state index < -0.39 is 60.1 Å². The third-order valence-corrected chi connectivity index (χ3v) is 4.56. The summed E-state index contributed by atoms with van der Waals surface area (Å²) in [7, 11) is 0.715. The number of allylic oxidation sites excluding steroid dienone is 1. The molecule has 0 rings (SSSR count). The van der Waals surface area contributed by atoms with Gasteiger partial charge in [-0.2, -0.15) is 48.3 Å². The fourth-order valence-electron chi connectivity index (χ4n) is 2.57. The van der Waals surface area contributed by atoms with Gasteiger partial charge in [0, 0.05) is 0 Å². The molecule has 2 nitrogen and oxygen atoms in total. The van der Waals surface area contributed by atoms with Gasteiger partial charge >= 0.3 is 35.8 Å². The van der Waals surface area contributed by atoms with Gasteiger partial charge in [0.2, 0.25) is 0 Å². The second-order valence-corrected chi connectivity index (χ2v) is 7.00. The molecule has 32 heavy (non-hydrogen) atoms. The van der Waals surface area contributed by atoms with Crippen LogP contribution in [-0.2, 0) is 9.53 Å². The number of esters is 1. The topological polar surface area (TPSA) is 26.3 Å². The molecule has 190 valence electrons. The van der Waals surface area contributed by atoms with Crippen LogP contribution in [0.15, 0.2) is 11.9 Å². The molecule has 0 heterocycles. The van der Waals surface area contributed by atoms with E-state index in [1.807, 2.05) is 6.92 Å². The van der Waals surface area contributed by atoms with Crippen molar-refractivity contribution in [2.45, 2.75) is 81.7 Å². The van der Waals surface area contributed by atoms with Crippen LogP contribution in [0.4, 0.5) is 52.7 Å². The molecule has 1 unspecified atom stereocenters. The van der Waals surface area contributed by atoms with Gasteiger partial charge in [0.1, 0.15) is 0 Å². The Balaban J connectivity index is 5.85. The van der Waals surface area contributed by atoms with Crippen LogP contribution >= 0.6 is 0 Å². The predicted molar refractivity (Wildman–Crippen MR) is 88.5 cm³/mol. The first-order chi connectivity index (χ1) is 14.3. The minimum absolute atomic E-state index is 0.0670. The number of unbranched alkanes of at least 4 members (excludes halogenated alkanes) is 5. The van der Waals surface area contributed by atoms with Crippen LogP contribution in [0.5, 0.6) is 0 Å². The number of rotatable bonds is 13. The minimum Gasteiger partial charge on any atom is -0.469 e. The molecule has 0 saturated carbocycles. The first-order valence-corrected chi connectivity index (χ1v) is 9.36. The summed E-state index contributed by atoms with van der Waals surface area (Å²) in [5.41, 5.74) is 0. The first-order valence-electron chi connectivity index (χ1n) is 9.36. The van der Waals surface area contributed by atoms with Crippen LogP contribution in [0.25, 0.3) is 0 Å². The molecule has 0 aromatic rings. The van der Waals surface area contributed by atoms with Crippen molar-refractivity contribution in [3.8, 4) is 0 Å².